The predicted octanol–water partition coefficient (Wildman–Crippen LogP) is 0.414. The zero-order chi connectivity index (χ0) is 8.32. The summed E-state index contributed by atoms with van der Waals surface area (Å²) in [5, 5.41) is 0. The summed E-state index contributed by atoms with van der Waals surface area (Å²) in [6.45, 7) is 4.18. The second kappa shape index (κ2) is 3.54. The molecule has 0 aromatic heterocycles. The van der Waals surface area contributed by atoms with Crippen molar-refractivity contribution in [3.63, 3.8) is 0 Å². The van der Waals surface area contributed by atoms with Crippen LogP contribution in [-0.2, 0) is 14.6 Å². The minimum atomic E-state index is -2.77. The standard InChI is InChI=1S/C7H13O3S/c1-2-4-10-7-3-5-11(8,9)6-7/h7H,1-6H2. The van der Waals surface area contributed by atoms with Gasteiger partial charge in [0.1, 0.15) is 0 Å². The lowest BCUT2D eigenvalue weighted by Gasteiger charge is -2.07. The molecule has 11 heavy (non-hydrogen) atoms. The smallest absolute Gasteiger partial charge is 0.152 e. The molecule has 1 heterocycles. The highest BCUT2D eigenvalue weighted by Gasteiger charge is 2.27. The first-order valence-electron chi connectivity index (χ1n) is 3.75. The van der Waals surface area contributed by atoms with Crippen LogP contribution in [0.4, 0.5) is 0 Å². The van der Waals surface area contributed by atoms with Crippen LogP contribution in [0.5, 0.6) is 0 Å². The molecule has 0 aromatic carbocycles. The van der Waals surface area contributed by atoms with Gasteiger partial charge in [-0.2, -0.15) is 0 Å². The van der Waals surface area contributed by atoms with Gasteiger partial charge < -0.3 is 4.74 Å². The van der Waals surface area contributed by atoms with E-state index in [0.29, 0.717) is 19.4 Å². The number of ether oxygens (including phenoxy) is 1. The maximum atomic E-state index is 10.9. The van der Waals surface area contributed by atoms with Crippen LogP contribution < -0.4 is 0 Å². The molecule has 0 aromatic rings. The topological polar surface area (TPSA) is 43.4 Å². The van der Waals surface area contributed by atoms with Crippen LogP contribution in [0.2, 0.25) is 0 Å². The van der Waals surface area contributed by atoms with Crippen LogP contribution in [0.3, 0.4) is 0 Å². The summed E-state index contributed by atoms with van der Waals surface area (Å²) < 4.78 is 27.1. The van der Waals surface area contributed by atoms with Crippen LogP contribution in [0, 0.1) is 6.92 Å². The van der Waals surface area contributed by atoms with Crippen molar-refractivity contribution in [1.82, 2.24) is 0 Å². The summed E-state index contributed by atoms with van der Waals surface area (Å²) in [5.41, 5.74) is 0. The van der Waals surface area contributed by atoms with Crippen LogP contribution in [0.1, 0.15) is 12.8 Å². The lowest BCUT2D eigenvalue weighted by Crippen LogP contribution is -2.14. The van der Waals surface area contributed by atoms with Gasteiger partial charge in [0, 0.05) is 6.61 Å². The van der Waals surface area contributed by atoms with Gasteiger partial charge in [-0.05, 0) is 12.8 Å². The fourth-order valence-electron chi connectivity index (χ4n) is 1.14. The first-order chi connectivity index (χ1) is 5.14. The molecule has 0 saturated carbocycles. The van der Waals surface area contributed by atoms with Gasteiger partial charge in [0.25, 0.3) is 0 Å². The van der Waals surface area contributed by atoms with Gasteiger partial charge >= 0.3 is 0 Å². The van der Waals surface area contributed by atoms with Crippen molar-refractivity contribution < 1.29 is 13.2 Å². The Morgan fingerprint density at radius 2 is 2.27 bits per heavy atom. The van der Waals surface area contributed by atoms with Gasteiger partial charge in [0.2, 0.25) is 0 Å². The Balaban J connectivity index is 2.31. The highest BCUT2D eigenvalue weighted by atomic mass is 32.2. The van der Waals surface area contributed by atoms with E-state index in [2.05, 4.69) is 6.92 Å². The fraction of sp³-hybridized carbons (Fsp3) is 0.857. The second-order valence-electron chi connectivity index (χ2n) is 2.75. The van der Waals surface area contributed by atoms with Crippen molar-refractivity contribution in [1.29, 1.82) is 0 Å². The Morgan fingerprint density at radius 3 is 2.73 bits per heavy atom. The zero-order valence-electron chi connectivity index (χ0n) is 6.45. The molecular formula is C7H13O3S. The number of hydrogen-bond donors (Lipinski definition) is 0. The van der Waals surface area contributed by atoms with Crippen molar-refractivity contribution in [3.05, 3.63) is 6.92 Å². The van der Waals surface area contributed by atoms with Crippen molar-refractivity contribution in [2.75, 3.05) is 18.1 Å². The fourth-order valence-corrected chi connectivity index (χ4v) is 2.76. The summed E-state index contributed by atoms with van der Waals surface area (Å²) in [6.07, 6.45) is 1.29. The Labute approximate surface area is 67.7 Å². The van der Waals surface area contributed by atoms with Crippen molar-refractivity contribution in [3.8, 4) is 0 Å². The third-order valence-electron chi connectivity index (χ3n) is 1.69. The maximum Gasteiger partial charge on any atom is 0.152 e. The van der Waals surface area contributed by atoms with Crippen molar-refractivity contribution >= 4 is 9.84 Å². The van der Waals surface area contributed by atoms with E-state index in [9.17, 15) is 8.42 Å². The van der Waals surface area contributed by atoms with E-state index in [4.69, 9.17) is 4.74 Å². The van der Waals surface area contributed by atoms with E-state index in [0.717, 1.165) is 0 Å². The first kappa shape index (κ1) is 9.00. The minimum Gasteiger partial charge on any atom is -0.377 e. The van der Waals surface area contributed by atoms with E-state index < -0.39 is 9.84 Å². The maximum absolute atomic E-state index is 10.9. The third-order valence-corrected chi connectivity index (χ3v) is 3.43. The molecular weight excluding hydrogens is 164 g/mol. The second-order valence-corrected chi connectivity index (χ2v) is 4.98. The molecule has 4 heteroatoms. The Hall–Kier alpha value is -0.0900. The summed E-state index contributed by atoms with van der Waals surface area (Å²) in [7, 11) is -2.77. The van der Waals surface area contributed by atoms with Gasteiger partial charge in [0.05, 0.1) is 17.6 Å². The average molecular weight is 177 g/mol. The van der Waals surface area contributed by atoms with Crippen LogP contribution >= 0.6 is 0 Å². The normalized spacial score (nSPS) is 29.0. The molecule has 1 atom stereocenters. The molecule has 1 aliphatic rings. The molecule has 0 spiro atoms. The lowest BCUT2D eigenvalue weighted by molar-refractivity contribution is 0.0743. The lowest BCUT2D eigenvalue weighted by atomic mass is 10.3. The largest absolute Gasteiger partial charge is 0.377 e. The number of sulfone groups is 1. The van der Waals surface area contributed by atoms with E-state index in [-0.39, 0.29) is 17.6 Å². The van der Waals surface area contributed by atoms with Crippen LogP contribution in [0.15, 0.2) is 0 Å². The molecule has 1 saturated heterocycles. The van der Waals surface area contributed by atoms with Gasteiger partial charge in [-0.15, -0.1) is 0 Å². The van der Waals surface area contributed by atoms with E-state index >= 15 is 0 Å². The SMILES string of the molecule is [CH2]CCOC1CCS(=O)(=O)C1. The summed E-state index contributed by atoms with van der Waals surface area (Å²) in [6, 6.07) is 0. The highest BCUT2D eigenvalue weighted by Crippen LogP contribution is 2.14. The van der Waals surface area contributed by atoms with Gasteiger partial charge in [-0.3, -0.25) is 0 Å². The molecule has 3 nitrogen and oxygen atoms in total. The zero-order valence-corrected chi connectivity index (χ0v) is 7.27. The molecule has 65 valence electrons. The molecule has 1 rings (SSSR count). The van der Waals surface area contributed by atoms with Gasteiger partial charge in [-0.1, -0.05) is 6.92 Å². The summed E-state index contributed by atoms with van der Waals surface area (Å²) >= 11 is 0. The molecule has 0 bridgehead atoms. The molecule has 0 amide bonds. The number of rotatable bonds is 3. The van der Waals surface area contributed by atoms with Crippen molar-refractivity contribution in [2.45, 2.75) is 18.9 Å². The monoisotopic (exact) mass is 177 g/mol. The summed E-state index contributed by atoms with van der Waals surface area (Å²) in [5.74, 6) is 0.488. The van der Waals surface area contributed by atoms with Crippen LogP contribution in [-0.4, -0.2) is 32.6 Å². The highest BCUT2D eigenvalue weighted by molar-refractivity contribution is 7.91. The quantitative estimate of drug-likeness (QED) is 0.627. The van der Waals surface area contributed by atoms with Gasteiger partial charge in [-0.25, -0.2) is 8.42 Å². The van der Waals surface area contributed by atoms with Gasteiger partial charge in [0.15, 0.2) is 9.84 Å². The van der Waals surface area contributed by atoms with E-state index in [1.54, 1.807) is 0 Å². The Bertz CT molecular complexity index is 208. The summed E-state index contributed by atoms with van der Waals surface area (Å²) in [4.78, 5) is 0. The predicted molar refractivity (Wildman–Crippen MR) is 43.0 cm³/mol. The average Bonchev–Trinajstić information content (AvgIpc) is 2.26. The Morgan fingerprint density at radius 1 is 1.55 bits per heavy atom. The molecule has 1 aliphatic heterocycles. The molecule has 0 N–H and O–H groups in total. The number of hydrogen-bond acceptors (Lipinski definition) is 3. The molecule has 1 fully saturated rings. The van der Waals surface area contributed by atoms with E-state index in [1.165, 1.54) is 0 Å². The molecule has 0 aliphatic carbocycles. The first-order valence-corrected chi connectivity index (χ1v) is 5.57. The van der Waals surface area contributed by atoms with E-state index in [1.807, 2.05) is 0 Å². The molecule has 1 radical (unpaired) electrons. The Kier molecular flexibility index (Phi) is 2.90. The minimum absolute atomic E-state index is 0.0678. The third kappa shape index (κ3) is 2.79. The van der Waals surface area contributed by atoms with Crippen LogP contribution in [0.25, 0.3) is 0 Å². The van der Waals surface area contributed by atoms with Crippen molar-refractivity contribution in [2.24, 2.45) is 0 Å². The molecule has 1 unspecified atom stereocenters.